The Kier molecular flexibility index (Phi) is 6.85. The number of pyridine rings is 1. The molecule has 1 aliphatic heterocycles. The summed E-state index contributed by atoms with van der Waals surface area (Å²) in [6, 6.07) is 12.3. The van der Waals surface area contributed by atoms with E-state index in [9.17, 15) is 18.3 Å². The summed E-state index contributed by atoms with van der Waals surface area (Å²) in [6.07, 6.45) is -4.13. The molecule has 1 saturated heterocycles. The van der Waals surface area contributed by atoms with E-state index in [2.05, 4.69) is 25.2 Å². The number of para-hydroxylation sites is 1. The molecule has 0 saturated carbocycles. The maximum atomic E-state index is 13.6. The molecular weight excluding hydrogens is 495 g/mol. The standard InChI is InChI=1S/C25H23ClF3N5O2/c26-15-4-7-18(20(12-15)25(27,28)29)23-32-21-3-1-2-19(22(21)33-23)24(35)31-16-5-6-17(30-13-16)14-34-8-10-36-11-9-34/h1-7,12-13,24,31,35H,8-11,14H2,(H,32,33). The second-order valence-electron chi connectivity index (χ2n) is 8.49. The number of morpholine rings is 1. The number of halogens is 4. The number of aromatic nitrogens is 3. The van der Waals surface area contributed by atoms with Crippen LogP contribution in [0, 0.1) is 0 Å². The third-order valence-corrected chi connectivity index (χ3v) is 6.23. The van der Waals surface area contributed by atoms with Crippen molar-refractivity contribution in [3.05, 3.63) is 76.6 Å². The van der Waals surface area contributed by atoms with Crippen molar-refractivity contribution in [2.24, 2.45) is 0 Å². The number of fused-ring (bicyclic) bond motifs is 1. The van der Waals surface area contributed by atoms with Crippen molar-refractivity contribution in [2.45, 2.75) is 18.9 Å². The van der Waals surface area contributed by atoms with Crippen LogP contribution in [0.2, 0.25) is 5.02 Å². The summed E-state index contributed by atoms with van der Waals surface area (Å²) in [7, 11) is 0. The smallest absolute Gasteiger partial charge is 0.379 e. The predicted octanol–water partition coefficient (Wildman–Crippen LogP) is 5.23. The number of rotatable bonds is 6. The number of H-pyrrole nitrogens is 1. The maximum Gasteiger partial charge on any atom is 0.417 e. The predicted molar refractivity (Wildman–Crippen MR) is 130 cm³/mol. The summed E-state index contributed by atoms with van der Waals surface area (Å²) in [6.45, 7) is 3.85. The normalized spacial score (nSPS) is 15.8. The number of alkyl halides is 3. The number of nitrogens with zero attached hydrogens (tertiary/aromatic N) is 3. The summed E-state index contributed by atoms with van der Waals surface area (Å²) < 4.78 is 46.2. The zero-order valence-corrected chi connectivity index (χ0v) is 19.8. The van der Waals surface area contributed by atoms with Crippen molar-refractivity contribution in [1.29, 1.82) is 0 Å². The molecule has 7 nitrogen and oxygen atoms in total. The molecule has 3 heterocycles. The largest absolute Gasteiger partial charge is 0.417 e. The van der Waals surface area contributed by atoms with Crippen LogP contribution in [0.15, 0.2) is 54.7 Å². The van der Waals surface area contributed by atoms with Gasteiger partial charge in [0.15, 0.2) is 6.23 Å². The van der Waals surface area contributed by atoms with Crippen molar-refractivity contribution in [3.8, 4) is 11.4 Å². The lowest BCUT2D eigenvalue weighted by atomic mass is 10.1. The van der Waals surface area contributed by atoms with Crippen LogP contribution >= 0.6 is 11.6 Å². The first-order valence-corrected chi connectivity index (χ1v) is 11.7. The van der Waals surface area contributed by atoms with Crippen LogP contribution in [-0.2, 0) is 17.5 Å². The first kappa shape index (κ1) is 24.5. The lowest BCUT2D eigenvalue weighted by molar-refractivity contribution is -0.137. The summed E-state index contributed by atoms with van der Waals surface area (Å²) >= 11 is 5.81. The topological polar surface area (TPSA) is 86.3 Å². The Morgan fingerprint density at radius 3 is 2.67 bits per heavy atom. The van der Waals surface area contributed by atoms with Gasteiger partial charge < -0.3 is 20.1 Å². The fraction of sp³-hybridized carbons (Fsp3) is 0.280. The fourth-order valence-electron chi connectivity index (χ4n) is 4.19. The van der Waals surface area contributed by atoms with Gasteiger partial charge >= 0.3 is 6.18 Å². The van der Waals surface area contributed by atoms with Gasteiger partial charge in [0, 0.05) is 35.8 Å². The Balaban J connectivity index is 1.37. The lowest BCUT2D eigenvalue weighted by Crippen LogP contribution is -2.35. The number of imidazole rings is 1. The van der Waals surface area contributed by atoms with Crippen molar-refractivity contribution in [3.63, 3.8) is 0 Å². The average Bonchev–Trinajstić information content (AvgIpc) is 3.29. The van der Waals surface area contributed by atoms with Crippen LogP contribution in [-0.4, -0.2) is 51.3 Å². The number of benzene rings is 2. The second kappa shape index (κ2) is 10.1. The third-order valence-electron chi connectivity index (χ3n) is 6.00. The highest BCUT2D eigenvalue weighted by molar-refractivity contribution is 6.30. The van der Waals surface area contributed by atoms with E-state index in [0.717, 1.165) is 24.8 Å². The van der Waals surface area contributed by atoms with Gasteiger partial charge in [-0.2, -0.15) is 13.2 Å². The Hall–Kier alpha value is -3.18. The Morgan fingerprint density at radius 2 is 1.94 bits per heavy atom. The molecule has 36 heavy (non-hydrogen) atoms. The number of hydrogen-bond acceptors (Lipinski definition) is 6. The molecule has 0 bridgehead atoms. The molecule has 0 radical (unpaired) electrons. The van der Waals surface area contributed by atoms with Crippen molar-refractivity contribution >= 4 is 28.3 Å². The summed E-state index contributed by atoms with van der Waals surface area (Å²) in [5.41, 5.74) is 1.74. The zero-order chi connectivity index (χ0) is 25.3. The van der Waals surface area contributed by atoms with E-state index in [1.807, 2.05) is 12.1 Å². The first-order valence-electron chi connectivity index (χ1n) is 11.3. The molecule has 5 rings (SSSR count). The van der Waals surface area contributed by atoms with Gasteiger partial charge in [-0.15, -0.1) is 0 Å². The van der Waals surface area contributed by atoms with E-state index in [1.54, 1.807) is 24.4 Å². The summed E-state index contributed by atoms with van der Waals surface area (Å²) in [4.78, 5) is 14.1. The van der Waals surface area contributed by atoms with Crippen molar-refractivity contribution in [2.75, 3.05) is 31.6 Å². The molecule has 0 spiro atoms. The van der Waals surface area contributed by atoms with E-state index >= 15 is 0 Å². The Labute approximate surface area is 209 Å². The van der Waals surface area contributed by atoms with Crippen LogP contribution < -0.4 is 5.32 Å². The number of aliphatic hydroxyl groups is 1. The van der Waals surface area contributed by atoms with Gasteiger partial charge in [-0.1, -0.05) is 23.7 Å². The highest BCUT2D eigenvalue weighted by Gasteiger charge is 2.35. The van der Waals surface area contributed by atoms with Crippen molar-refractivity contribution in [1.82, 2.24) is 19.9 Å². The molecular formula is C25H23ClF3N5O2. The number of aliphatic hydroxyl groups excluding tert-OH is 1. The second-order valence-corrected chi connectivity index (χ2v) is 8.93. The zero-order valence-electron chi connectivity index (χ0n) is 19.0. The molecule has 1 fully saturated rings. The first-order chi connectivity index (χ1) is 17.3. The van der Waals surface area contributed by atoms with Gasteiger partial charge in [0.2, 0.25) is 0 Å². The minimum atomic E-state index is -4.61. The Bertz CT molecular complexity index is 1350. The van der Waals surface area contributed by atoms with Gasteiger partial charge in [0.1, 0.15) is 5.82 Å². The minimum Gasteiger partial charge on any atom is -0.379 e. The van der Waals surface area contributed by atoms with Crippen LogP contribution in [0.25, 0.3) is 22.4 Å². The maximum absolute atomic E-state index is 13.6. The number of aromatic amines is 1. The molecule has 2 aromatic heterocycles. The van der Waals surface area contributed by atoms with Gasteiger partial charge in [-0.3, -0.25) is 9.88 Å². The van der Waals surface area contributed by atoms with E-state index in [1.165, 1.54) is 12.1 Å². The van der Waals surface area contributed by atoms with E-state index in [4.69, 9.17) is 16.3 Å². The van der Waals surface area contributed by atoms with Gasteiger partial charge in [0.25, 0.3) is 0 Å². The van der Waals surface area contributed by atoms with Crippen LogP contribution in [0.3, 0.4) is 0 Å². The average molecular weight is 518 g/mol. The lowest BCUT2D eigenvalue weighted by Gasteiger charge is -2.26. The molecule has 11 heteroatoms. The number of anilines is 1. The van der Waals surface area contributed by atoms with Crippen LogP contribution in [0.5, 0.6) is 0 Å². The number of nitrogens with one attached hydrogen (secondary N) is 2. The molecule has 3 N–H and O–H groups in total. The molecule has 0 amide bonds. The summed E-state index contributed by atoms with van der Waals surface area (Å²) in [5, 5.41) is 13.9. The third kappa shape index (κ3) is 5.31. The molecule has 1 aliphatic rings. The molecule has 0 aliphatic carbocycles. The number of hydrogen-bond donors (Lipinski definition) is 3. The summed E-state index contributed by atoms with van der Waals surface area (Å²) in [5.74, 6) is 0.0303. The fourth-order valence-corrected chi connectivity index (χ4v) is 4.36. The Morgan fingerprint density at radius 1 is 1.14 bits per heavy atom. The monoisotopic (exact) mass is 517 g/mol. The number of ether oxygens (including phenoxy) is 1. The molecule has 1 unspecified atom stereocenters. The molecule has 2 aromatic carbocycles. The van der Waals surface area contributed by atoms with E-state index in [-0.39, 0.29) is 16.4 Å². The van der Waals surface area contributed by atoms with Gasteiger partial charge in [-0.05, 0) is 36.4 Å². The highest BCUT2D eigenvalue weighted by atomic mass is 35.5. The van der Waals surface area contributed by atoms with E-state index in [0.29, 0.717) is 42.0 Å². The quantitative estimate of drug-likeness (QED) is 0.304. The molecule has 1 atom stereocenters. The molecule has 4 aromatic rings. The molecule has 188 valence electrons. The van der Waals surface area contributed by atoms with E-state index < -0.39 is 18.0 Å². The SMILES string of the molecule is OC(Nc1ccc(CN2CCOCC2)nc1)c1cccc2[nH]c(-c3ccc(Cl)cc3C(F)(F)F)nc12. The van der Waals surface area contributed by atoms with Crippen molar-refractivity contribution < 1.29 is 23.0 Å². The van der Waals surface area contributed by atoms with Crippen LogP contribution in [0.1, 0.15) is 23.0 Å². The minimum absolute atomic E-state index is 0.0212. The van der Waals surface area contributed by atoms with Crippen LogP contribution in [0.4, 0.5) is 18.9 Å². The highest BCUT2D eigenvalue weighted by Crippen LogP contribution is 2.38. The van der Waals surface area contributed by atoms with Gasteiger partial charge in [0.05, 0.1) is 47.4 Å². The van der Waals surface area contributed by atoms with Gasteiger partial charge in [-0.25, -0.2) is 4.98 Å².